The molecule has 2 aromatic carbocycles. The molecule has 0 bridgehead atoms. The van der Waals surface area contributed by atoms with Gasteiger partial charge in [-0.25, -0.2) is 9.97 Å². The number of para-hydroxylation sites is 1. The number of hydrogen-bond donors (Lipinski definition) is 3. The summed E-state index contributed by atoms with van der Waals surface area (Å²) in [5.74, 6) is 1.19. The molecular formula is C24H27N7O. The molecule has 0 atom stereocenters. The molecule has 4 aromatic rings. The predicted molar refractivity (Wildman–Crippen MR) is 130 cm³/mol. The lowest BCUT2D eigenvalue weighted by Gasteiger charge is -2.35. The van der Waals surface area contributed by atoms with Gasteiger partial charge < -0.3 is 30.6 Å². The highest BCUT2D eigenvalue weighted by atomic mass is 16.5. The smallest absolute Gasteiger partial charge is 0.227 e. The number of piperazine rings is 1. The van der Waals surface area contributed by atoms with Gasteiger partial charge in [-0.05, 0) is 25.2 Å². The zero-order chi connectivity index (χ0) is 22.1. The molecule has 1 fully saturated rings. The van der Waals surface area contributed by atoms with Gasteiger partial charge in [0.25, 0.3) is 0 Å². The summed E-state index contributed by atoms with van der Waals surface area (Å²) >= 11 is 0. The Morgan fingerprint density at radius 1 is 1.09 bits per heavy atom. The average Bonchev–Trinajstić information content (AvgIpc) is 3.24. The maximum Gasteiger partial charge on any atom is 0.227 e. The lowest BCUT2D eigenvalue weighted by atomic mass is 10.1. The molecule has 4 N–H and O–H groups in total. The fourth-order valence-corrected chi connectivity index (χ4v) is 4.15. The van der Waals surface area contributed by atoms with Crippen molar-refractivity contribution in [2.24, 2.45) is 0 Å². The van der Waals surface area contributed by atoms with Crippen LogP contribution < -0.4 is 20.7 Å². The summed E-state index contributed by atoms with van der Waals surface area (Å²) < 4.78 is 5.67. The molecule has 8 heteroatoms. The van der Waals surface area contributed by atoms with Crippen LogP contribution in [-0.2, 0) is 0 Å². The first-order valence-corrected chi connectivity index (χ1v) is 10.7. The number of nitrogens with zero attached hydrogens (tertiary/aromatic N) is 4. The number of aromatic amines is 1. The van der Waals surface area contributed by atoms with Crippen molar-refractivity contribution in [1.82, 2.24) is 19.9 Å². The number of fused-ring (bicyclic) bond motifs is 1. The van der Waals surface area contributed by atoms with Crippen molar-refractivity contribution in [1.29, 1.82) is 0 Å². The fourth-order valence-electron chi connectivity index (χ4n) is 4.15. The van der Waals surface area contributed by atoms with Crippen LogP contribution in [0, 0.1) is 0 Å². The number of ether oxygens (including phenoxy) is 1. The number of rotatable bonds is 5. The molecule has 0 amide bonds. The van der Waals surface area contributed by atoms with Crippen LogP contribution in [0.2, 0.25) is 0 Å². The number of methoxy groups -OCH3 is 1. The normalized spacial score (nSPS) is 14.6. The highest BCUT2D eigenvalue weighted by molar-refractivity contribution is 5.94. The summed E-state index contributed by atoms with van der Waals surface area (Å²) in [5, 5.41) is 4.41. The summed E-state index contributed by atoms with van der Waals surface area (Å²) in [6, 6.07) is 14.0. The topological polar surface area (TPSA) is 95.3 Å². The maximum absolute atomic E-state index is 6.44. The zero-order valence-electron chi connectivity index (χ0n) is 18.3. The molecule has 32 heavy (non-hydrogen) atoms. The van der Waals surface area contributed by atoms with Crippen molar-refractivity contribution in [3.8, 4) is 17.0 Å². The highest BCUT2D eigenvalue weighted by Crippen LogP contribution is 2.37. The molecule has 5 rings (SSSR count). The Balaban J connectivity index is 1.44. The lowest BCUT2D eigenvalue weighted by molar-refractivity contribution is 0.313. The van der Waals surface area contributed by atoms with Crippen LogP contribution >= 0.6 is 0 Å². The summed E-state index contributed by atoms with van der Waals surface area (Å²) in [5.41, 5.74) is 11.8. The van der Waals surface area contributed by atoms with E-state index in [1.165, 1.54) is 0 Å². The number of hydrogen-bond acceptors (Lipinski definition) is 7. The Kier molecular flexibility index (Phi) is 5.28. The summed E-state index contributed by atoms with van der Waals surface area (Å²) in [6.45, 7) is 3.89. The first-order chi connectivity index (χ1) is 15.6. The summed E-state index contributed by atoms with van der Waals surface area (Å²) in [4.78, 5) is 17.1. The molecule has 0 unspecified atom stereocenters. The molecule has 1 aliphatic heterocycles. The molecule has 0 saturated carbocycles. The van der Waals surface area contributed by atoms with Gasteiger partial charge in [-0.1, -0.05) is 18.2 Å². The summed E-state index contributed by atoms with van der Waals surface area (Å²) in [6.07, 6.45) is 3.72. The fraction of sp³-hybridized carbons (Fsp3) is 0.250. The van der Waals surface area contributed by atoms with Crippen molar-refractivity contribution in [2.45, 2.75) is 0 Å². The predicted octanol–water partition coefficient (Wildman–Crippen LogP) is 3.71. The van der Waals surface area contributed by atoms with Gasteiger partial charge in [0.1, 0.15) is 5.75 Å². The Labute approximate surface area is 187 Å². The second-order valence-electron chi connectivity index (χ2n) is 8.04. The van der Waals surface area contributed by atoms with E-state index in [1.807, 2.05) is 36.5 Å². The van der Waals surface area contributed by atoms with Gasteiger partial charge >= 0.3 is 0 Å². The second kappa shape index (κ2) is 8.39. The van der Waals surface area contributed by atoms with E-state index in [1.54, 1.807) is 13.3 Å². The first-order valence-electron chi connectivity index (χ1n) is 10.7. The minimum Gasteiger partial charge on any atom is -0.494 e. The molecule has 0 spiro atoms. The van der Waals surface area contributed by atoms with Crippen molar-refractivity contribution in [3.05, 3.63) is 54.9 Å². The third-order valence-corrected chi connectivity index (χ3v) is 5.96. The number of nitrogens with one attached hydrogen (secondary N) is 2. The molecule has 164 valence electrons. The number of nitrogen functional groups attached to an aromatic ring is 1. The SMILES string of the molecule is COc1cc(N2CCN(C)CC2)c(N)cc1Nc1nccc(-c2c[nH]c3ccccc23)n1. The number of H-pyrrole nitrogens is 1. The van der Waals surface area contributed by atoms with Gasteiger partial charge in [0.2, 0.25) is 5.95 Å². The van der Waals surface area contributed by atoms with Crippen molar-refractivity contribution < 1.29 is 4.74 Å². The number of anilines is 4. The Hall–Kier alpha value is -3.78. The van der Waals surface area contributed by atoms with E-state index >= 15 is 0 Å². The van der Waals surface area contributed by atoms with Gasteiger partial charge in [-0.3, -0.25) is 0 Å². The molecule has 1 aliphatic rings. The van der Waals surface area contributed by atoms with Gasteiger partial charge in [0.05, 0.1) is 29.9 Å². The molecule has 1 saturated heterocycles. The Morgan fingerprint density at radius 3 is 2.72 bits per heavy atom. The molecule has 0 radical (unpaired) electrons. The third kappa shape index (κ3) is 3.80. The number of likely N-dealkylation sites (N-methyl/N-ethyl adjacent to an activating group) is 1. The van der Waals surface area contributed by atoms with Gasteiger partial charge in [-0.15, -0.1) is 0 Å². The third-order valence-electron chi connectivity index (χ3n) is 5.96. The average molecular weight is 430 g/mol. The van der Waals surface area contributed by atoms with E-state index in [9.17, 15) is 0 Å². The van der Waals surface area contributed by atoms with Crippen LogP contribution in [0.4, 0.5) is 23.0 Å². The van der Waals surface area contributed by atoms with Gasteiger partial charge in [-0.2, -0.15) is 0 Å². The van der Waals surface area contributed by atoms with Gasteiger partial charge in [0.15, 0.2) is 0 Å². The van der Waals surface area contributed by atoms with Crippen molar-refractivity contribution >= 4 is 33.9 Å². The van der Waals surface area contributed by atoms with E-state index in [4.69, 9.17) is 15.5 Å². The van der Waals surface area contributed by atoms with Crippen LogP contribution in [0.15, 0.2) is 54.9 Å². The molecule has 3 heterocycles. The molecule has 0 aliphatic carbocycles. The standard InChI is InChI=1S/C24H27N7O/c1-30-9-11-31(12-10-30)22-14-23(32-2)21(13-18(22)25)29-24-26-8-7-20(28-24)17-15-27-19-6-4-3-5-16(17)19/h3-8,13-15,27H,9-12,25H2,1-2H3,(H,26,28,29). The van der Waals surface area contributed by atoms with Crippen LogP contribution in [0.3, 0.4) is 0 Å². The Bertz CT molecular complexity index is 1240. The second-order valence-corrected chi connectivity index (χ2v) is 8.04. The van der Waals surface area contributed by atoms with Crippen LogP contribution in [0.5, 0.6) is 5.75 Å². The van der Waals surface area contributed by atoms with E-state index < -0.39 is 0 Å². The van der Waals surface area contributed by atoms with Gasteiger partial charge in [0, 0.05) is 61.1 Å². The van der Waals surface area contributed by atoms with E-state index in [-0.39, 0.29) is 0 Å². The minimum atomic E-state index is 0.484. The van der Waals surface area contributed by atoms with E-state index in [0.717, 1.165) is 59.7 Å². The minimum absolute atomic E-state index is 0.484. The highest BCUT2D eigenvalue weighted by Gasteiger charge is 2.19. The molecule has 2 aromatic heterocycles. The van der Waals surface area contributed by atoms with Crippen LogP contribution in [0.25, 0.3) is 22.2 Å². The maximum atomic E-state index is 6.44. The quantitative estimate of drug-likeness (QED) is 0.416. The number of aromatic nitrogens is 3. The zero-order valence-corrected chi connectivity index (χ0v) is 18.3. The van der Waals surface area contributed by atoms with Crippen LogP contribution in [-0.4, -0.2) is 60.2 Å². The number of benzene rings is 2. The monoisotopic (exact) mass is 429 g/mol. The van der Waals surface area contributed by atoms with Crippen molar-refractivity contribution in [3.63, 3.8) is 0 Å². The van der Waals surface area contributed by atoms with Crippen LogP contribution in [0.1, 0.15) is 0 Å². The van der Waals surface area contributed by atoms with E-state index in [2.05, 4.69) is 44.3 Å². The Morgan fingerprint density at radius 2 is 1.91 bits per heavy atom. The summed E-state index contributed by atoms with van der Waals surface area (Å²) in [7, 11) is 3.80. The molecule has 8 nitrogen and oxygen atoms in total. The number of nitrogens with two attached hydrogens (primary N) is 1. The van der Waals surface area contributed by atoms with Crippen molar-refractivity contribution in [2.75, 3.05) is 56.3 Å². The largest absolute Gasteiger partial charge is 0.494 e. The first kappa shape index (κ1) is 20.1. The lowest BCUT2D eigenvalue weighted by Crippen LogP contribution is -2.44. The molecular weight excluding hydrogens is 402 g/mol. The van der Waals surface area contributed by atoms with E-state index in [0.29, 0.717) is 17.4 Å².